The molecule has 2 rings (SSSR count). The summed E-state index contributed by atoms with van der Waals surface area (Å²) in [6, 6.07) is 7.14. The van der Waals surface area contributed by atoms with E-state index in [1.54, 1.807) is 18.2 Å². The Hall–Kier alpha value is -1.20. The first-order valence-corrected chi connectivity index (χ1v) is 10.0. The van der Waals surface area contributed by atoms with Crippen LogP contribution in [0.25, 0.3) is 0 Å². The van der Waals surface area contributed by atoms with Crippen LogP contribution in [0.5, 0.6) is 5.75 Å². The van der Waals surface area contributed by atoms with Crippen molar-refractivity contribution in [1.29, 1.82) is 0 Å². The predicted octanol–water partition coefficient (Wildman–Crippen LogP) is 2.99. The number of rotatable bonds is 9. The van der Waals surface area contributed by atoms with Crippen molar-refractivity contribution in [3.63, 3.8) is 0 Å². The van der Waals surface area contributed by atoms with Gasteiger partial charge in [-0.2, -0.15) is 8.78 Å². The maximum atomic E-state index is 12.6. The molecule has 1 atom stereocenters. The van der Waals surface area contributed by atoms with E-state index in [0.717, 1.165) is 45.8 Å². The molecule has 0 spiro atoms. The summed E-state index contributed by atoms with van der Waals surface area (Å²) < 4.78 is 29.7. The molecule has 0 saturated carbocycles. The number of para-hydroxylation sites is 1. The number of piperazine rings is 1. The number of halogens is 3. The molecule has 0 bridgehead atoms. The maximum Gasteiger partial charge on any atom is 0.387 e. The van der Waals surface area contributed by atoms with E-state index in [0.29, 0.717) is 17.6 Å². The predicted molar refractivity (Wildman–Crippen MR) is 124 cm³/mol. The van der Waals surface area contributed by atoms with E-state index < -0.39 is 6.61 Å². The Kier molecular flexibility index (Phi) is 12.4. The number of alkyl halides is 2. The van der Waals surface area contributed by atoms with E-state index in [1.807, 2.05) is 6.92 Å². The van der Waals surface area contributed by atoms with Crippen LogP contribution in [0.1, 0.15) is 26.3 Å². The van der Waals surface area contributed by atoms with Gasteiger partial charge in [0.1, 0.15) is 5.75 Å². The van der Waals surface area contributed by atoms with Gasteiger partial charge in [0.25, 0.3) is 0 Å². The van der Waals surface area contributed by atoms with Gasteiger partial charge in [-0.05, 0) is 26.5 Å². The Morgan fingerprint density at radius 3 is 2.45 bits per heavy atom. The van der Waals surface area contributed by atoms with Crippen LogP contribution in [0.2, 0.25) is 0 Å². The van der Waals surface area contributed by atoms with E-state index in [4.69, 9.17) is 0 Å². The van der Waals surface area contributed by atoms with E-state index in [1.165, 1.54) is 6.07 Å². The van der Waals surface area contributed by atoms with Gasteiger partial charge in [-0.3, -0.25) is 4.90 Å². The van der Waals surface area contributed by atoms with Gasteiger partial charge in [0, 0.05) is 50.9 Å². The van der Waals surface area contributed by atoms with Crippen molar-refractivity contribution in [2.24, 2.45) is 4.99 Å². The summed E-state index contributed by atoms with van der Waals surface area (Å²) in [5.41, 5.74) is 0.628. The number of ether oxygens (including phenoxy) is 1. The highest BCUT2D eigenvalue weighted by molar-refractivity contribution is 14.0. The summed E-state index contributed by atoms with van der Waals surface area (Å²) in [5, 5.41) is 6.58. The Bertz CT molecular complexity index is 612. The number of nitrogens with zero attached hydrogens (tertiary/aromatic N) is 3. The minimum atomic E-state index is -2.84. The minimum absolute atomic E-state index is 0. The van der Waals surface area contributed by atoms with Crippen LogP contribution in [-0.2, 0) is 6.54 Å². The maximum absolute atomic E-state index is 12.6. The molecule has 0 amide bonds. The molecule has 6 nitrogen and oxygen atoms in total. The fourth-order valence-corrected chi connectivity index (χ4v) is 3.25. The first kappa shape index (κ1) is 25.8. The monoisotopic (exact) mass is 525 g/mol. The lowest BCUT2D eigenvalue weighted by Gasteiger charge is -2.37. The molecule has 1 aliphatic heterocycles. The molecule has 1 fully saturated rings. The molecule has 1 aliphatic rings. The lowest BCUT2D eigenvalue weighted by atomic mass is 10.2. The number of benzene rings is 1. The van der Waals surface area contributed by atoms with Crippen LogP contribution in [0, 0.1) is 0 Å². The van der Waals surface area contributed by atoms with Crippen molar-refractivity contribution in [2.45, 2.75) is 40.0 Å². The Balaban J connectivity index is 0.00000420. The Morgan fingerprint density at radius 1 is 1.14 bits per heavy atom. The average molecular weight is 525 g/mol. The Morgan fingerprint density at radius 2 is 1.83 bits per heavy atom. The number of likely N-dealkylation sites (N-methyl/N-ethyl adjacent to an activating group) is 1. The van der Waals surface area contributed by atoms with Crippen LogP contribution in [0.3, 0.4) is 0 Å². The van der Waals surface area contributed by atoms with Crippen molar-refractivity contribution in [3.8, 4) is 5.75 Å². The van der Waals surface area contributed by atoms with Crippen LogP contribution in [0.4, 0.5) is 8.78 Å². The SMILES string of the molecule is CCNC(=NCc1ccccc1OC(F)F)NCC(C)N1CCN(CC)CC1.I. The number of hydrogen-bond donors (Lipinski definition) is 2. The highest BCUT2D eigenvalue weighted by Crippen LogP contribution is 2.20. The van der Waals surface area contributed by atoms with E-state index in [2.05, 4.69) is 44.0 Å². The van der Waals surface area contributed by atoms with Gasteiger partial charge in [-0.1, -0.05) is 25.1 Å². The van der Waals surface area contributed by atoms with Gasteiger partial charge in [-0.25, -0.2) is 4.99 Å². The molecule has 1 heterocycles. The normalized spacial score (nSPS) is 17.0. The second kappa shape index (κ2) is 13.9. The second-order valence-electron chi connectivity index (χ2n) is 6.88. The van der Waals surface area contributed by atoms with Crippen molar-refractivity contribution in [1.82, 2.24) is 20.4 Å². The Labute approximate surface area is 190 Å². The average Bonchev–Trinajstić information content (AvgIpc) is 2.70. The van der Waals surface area contributed by atoms with Crippen molar-refractivity contribution < 1.29 is 13.5 Å². The molecule has 2 N–H and O–H groups in total. The summed E-state index contributed by atoms with van der Waals surface area (Å²) in [6.45, 7) is 10.8. The van der Waals surface area contributed by atoms with E-state index in [9.17, 15) is 8.78 Å². The highest BCUT2D eigenvalue weighted by Gasteiger charge is 2.20. The van der Waals surface area contributed by atoms with Crippen molar-refractivity contribution >= 4 is 29.9 Å². The number of hydrogen-bond acceptors (Lipinski definition) is 4. The zero-order chi connectivity index (χ0) is 20.4. The minimum Gasteiger partial charge on any atom is -0.434 e. The summed E-state index contributed by atoms with van der Waals surface area (Å²) in [7, 11) is 0. The third kappa shape index (κ3) is 9.00. The standard InChI is InChI=1S/C20H33F2N5O.HI/c1-4-23-20(24-14-16(3)27-12-10-26(5-2)11-13-27)25-15-17-8-6-7-9-18(17)28-19(21)22;/h6-9,16,19H,4-5,10-15H2,1-3H3,(H2,23,24,25);1H. The molecule has 166 valence electrons. The van der Waals surface area contributed by atoms with Gasteiger partial charge < -0.3 is 20.3 Å². The van der Waals surface area contributed by atoms with Gasteiger partial charge in [-0.15, -0.1) is 24.0 Å². The van der Waals surface area contributed by atoms with Gasteiger partial charge >= 0.3 is 6.61 Å². The summed E-state index contributed by atoms with van der Waals surface area (Å²) in [5.74, 6) is 0.840. The highest BCUT2D eigenvalue weighted by atomic mass is 127. The van der Waals surface area contributed by atoms with Gasteiger partial charge in [0.15, 0.2) is 5.96 Å². The number of guanidine groups is 1. The molecule has 1 aromatic carbocycles. The lowest BCUT2D eigenvalue weighted by Crippen LogP contribution is -2.53. The smallest absolute Gasteiger partial charge is 0.387 e. The zero-order valence-corrected chi connectivity index (χ0v) is 19.9. The molecule has 0 radical (unpaired) electrons. The molecule has 0 aromatic heterocycles. The first-order valence-electron chi connectivity index (χ1n) is 10.0. The quantitative estimate of drug-likeness (QED) is 0.295. The van der Waals surface area contributed by atoms with E-state index >= 15 is 0 Å². The van der Waals surface area contributed by atoms with Crippen molar-refractivity contribution in [2.75, 3.05) is 45.8 Å². The van der Waals surface area contributed by atoms with Gasteiger partial charge in [0.2, 0.25) is 0 Å². The van der Waals surface area contributed by atoms with Gasteiger partial charge in [0.05, 0.1) is 6.54 Å². The molecular formula is C20H34F2IN5O. The topological polar surface area (TPSA) is 52.1 Å². The first-order chi connectivity index (χ1) is 13.5. The molecule has 0 aliphatic carbocycles. The van der Waals surface area contributed by atoms with Crippen molar-refractivity contribution in [3.05, 3.63) is 29.8 Å². The van der Waals surface area contributed by atoms with Crippen LogP contribution >= 0.6 is 24.0 Å². The molecule has 1 unspecified atom stereocenters. The summed E-state index contributed by atoms with van der Waals surface area (Å²) in [6.07, 6.45) is 0. The third-order valence-corrected chi connectivity index (χ3v) is 4.98. The van der Waals surface area contributed by atoms with Crippen LogP contribution in [0.15, 0.2) is 29.3 Å². The summed E-state index contributed by atoms with van der Waals surface area (Å²) >= 11 is 0. The second-order valence-corrected chi connectivity index (χ2v) is 6.88. The summed E-state index contributed by atoms with van der Waals surface area (Å²) in [4.78, 5) is 9.48. The molecular weight excluding hydrogens is 491 g/mol. The fraction of sp³-hybridized carbons (Fsp3) is 0.650. The molecule has 9 heteroatoms. The van der Waals surface area contributed by atoms with Crippen LogP contribution < -0.4 is 15.4 Å². The fourth-order valence-electron chi connectivity index (χ4n) is 3.25. The molecule has 1 aromatic rings. The van der Waals surface area contributed by atoms with Crippen LogP contribution in [-0.4, -0.2) is 74.2 Å². The molecule has 1 saturated heterocycles. The third-order valence-electron chi connectivity index (χ3n) is 4.98. The number of aliphatic imine (C=N–C) groups is 1. The molecule has 29 heavy (non-hydrogen) atoms. The lowest BCUT2D eigenvalue weighted by molar-refractivity contribution is -0.0504. The number of nitrogens with one attached hydrogen (secondary N) is 2. The zero-order valence-electron chi connectivity index (χ0n) is 17.5. The van der Waals surface area contributed by atoms with E-state index in [-0.39, 0.29) is 36.3 Å². The largest absolute Gasteiger partial charge is 0.434 e.